The second-order valence-corrected chi connectivity index (χ2v) is 6.10. The van der Waals surface area contributed by atoms with E-state index in [-0.39, 0.29) is 11.7 Å². The van der Waals surface area contributed by atoms with Gasteiger partial charge in [-0.25, -0.2) is 15.0 Å². The first-order chi connectivity index (χ1) is 13.1. The van der Waals surface area contributed by atoms with Crippen LogP contribution in [0.1, 0.15) is 16.6 Å². The highest BCUT2D eigenvalue weighted by molar-refractivity contribution is 6.06. The van der Waals surface area contributed by atoms with Crippen molar-refractivity contribution in [2.75, 3.05) is 11.9 Å². The molecule has 1 aromatic carbocycles. The van der Waals surface area contributed by atoms with Crippen molar-refractivity contribution in [1.82, 2.24) is 19.5 Å². The Bertz CT molecular complexity index is 963. The highest BCUT2D eigenvalue weighted by Crippen LogP contribution is 2.32. The van der Waals surface area contributed by atoms with E-state index in [2.05, 4.69) is 20.3 Å². The molecule has 1 aliphatic rings. The number of hydrogen-bond acceptors (Lipinski definition) is 8. The van der Waals surface area contributed by atoms with Crippen LogP contribution in [0.5, 0.6) is 0 Å². The molecule has 27 heavy (non-hydrogen) atoms. The van der Waals surface area contributed by atoms with Gasteiger partial charge in [-0.2, -0.15) is 0 Å². The summed E-state index contributed by atoms with van der Waals surface area (Å²) in [5, 5.41) is 32.1. The molecule has 0 aliphatic carbocycles. The van der Waals surface area contributed by atoms with Crippen LogP contribution in [0.2, 0.25) is 0 Å². The Kier molecular flexibility index (Phi) is 4.54. The minimum absolute atomic E-state index is 0.208. The summed E-state index contributed by atoms with van der Waals surface area (Å²) in [5.74, 6) is -0.141. The molecule has 1 saturated heterocycles. The zero-order valence-corrected chi connectivity index (χ0v) is 14.0. The molecule has 10 nitrogen and oxygen atoms in total. The maximum Gasteiger partial charge on any atom is 0.256 e. The molecule has 4 atom stereocenters. The molecule has 0 bridgehead atoms. The molecular weight excluding hydrogens is 354 g/mol. The monoisotopic (exact) mass is 371 g/mol. The molecule has 2 aromatic heterocycles. The van der Waals surface area contributed by atoms with Gasteiger partial charge in [-0.05, 0) is 12.1 Å². The predicted molar refractivity (Wildman–Crippen MR) is 92.7 cm³/mol. The Morgan fingerprint density at radius 2 is 1.93 bits per heavy atom. The number of nitrogens with one attached hydrogen (secondary N) is 1. The average molecular weight is 371 g/mol. The lowest BCUT2D eigenvalue weighted by molar-refractivity contribution is -0.0511. The summed E-state index contributed by atoms with van der Waals surface area (Å²) >= 11 is 0. The van der Waals surface area contributed by atoms with Crippen molar-refractivity contribution < 1.29 is 24.9 Å². The summed E-state index contributed by atoms with van der Waals surface area (Å²) in [5.41, 5.74) is 1.08. The van der Waals surface area contributed by atoms with Gasteiger partial charge in [0.05, 0.1) is 12.9 Å². The van der Waals surface area contributed by atoms with Crippen molar-refractivity contribution in [2.24, 2.45) is 0 Å². The minimum Gasteiger partial charge on any atom is -0.394 e. The van der Waals surface area contributed by atoms with Crippen molar-refractivity contribution >= 4 is 22.9 Å². The van der Waals surface area contributed by atoms with Crippen LogP contribution in [0.15, 0.2) is 43.0 Å². The van der Waals surface area contributed by atoms with Crippen molar-refractivity contribution in [3.63, 3.8) is 0 Å². The standard InChI is InChI=1S/C17H17N5O5/c23-6-10-12(24)13(25)17(27-10)22-8-20-11-14(18-7-19-15(11)22)21-16(26)9-4-2-1-3-5-9/h1-5,7-8,10,12-13,17,23-25H,6H2,(H,18,19,21,26)/t10-,12-,13+,17?/m1/s1. The van der Waals surface area contributed by atoms with E-state index in [1.54, 1.807) is 24.3 Å². The van der Waals surface area contributed by atoms with E-state index in [1.807, 2.05) is 6.07 Å². The zero-order valence-electron chi connectivity index (χ0n) is 14.0. The van der Waals surface area contributed by atoms with E-state index in [0.29, 0.717) is 16.7 Å². The predicted octanol–water partition coefficient (Wildman–Crippen LogP) is -0.310. The number of carbonyl (C=O) groups excluding carboxylic acids is 1. The van der Waals surface area contributed by atoms with Crippen molar-refractivity contribution in [2.45, 2.75) is 24.5 Å². The van der Waals surface area contributed by atoms with Crippen LogP contribution in [-0.2, 0) is 4.74 Å². The summed E-state index contributed by atoms with van der Waals surface area (Å²) < 4.78 is 6.93. The number of hydrogen-bond donors (Lipinski definition) is 4. The summed E-state index contributed by atoms with van der Waals surface area (Å²) in [4.78, 5) is 24.8. The van der Waals surface area contributed by atoms with Crippen LogP contribution < -0.4 is 5.32 Å². The highest BCUT2D eigenvalue weighted by Gasteiger charge is 2.44. The van der Waals surface area contributed by atoms with Crippen LogP contribution in [0.3, 0.4) is 0 Å². The van der Waals surface area contributed by atoms with Crippen molar-refractivity contribution in [3.05, 3.63) is 48.5 Å². The number of aromatic nitrogens is 4. The molecule has 1 unspecified atom stereocenters. The van der Waals surface area contributed by atoms with E-state index < -0.39 is 31.1 Å². The highest BCUT2D eigenvalue weighted by atomic mass is 16.6. The molecule has 1 fully saturated rings. The molecule has 0 spiro atoms. The number of amides is 1. The maximum atomic E-state index is 12.4. The second kappa shape index (κ2) is 7.00. The number of carbonyl (C=O) groups is 1. The first kappa shape index (κ1) is 17.5. The van der Waals surface area contributed by atoms with Crippen LogP contribution in [0.25, 0.3) is 11.2 Å². The molecule has 0 radical (unpaired) electrons. The summed E-state index contributed by atoms with van der Waals surface area (Å²) in [6, 6.07) is 8.65. The lowest BCUT2D eigenvalue weighted by Gasteiger charge is -2.16. The Labute approximate surface area is 153 Å². The number of nitrogens with zero attached hydrogens (tertiary/aromatic N) is 4. The second-order valence-electron chi connectivity index (χ2n) is 6.10. The fourth-order valence-electron chi connectivity index (χ4n) is 3.01. The first-order valence-corrected chi connectivity index (χ1v) is 8.26. The van der Waals surface area contributed by atoms with Gasteiger partial charge < -0.3 is 25.4 Å². The number of rotatable bonds is 4. The van der Waals surface area contributed by atoms with E-state index in [4.69, 9.17) is 4.74 Å². The van der Waals surface area contributed by atoms with Gasteiger partial charge in [0.1, 0.15) is 24.6 Å². The van der Waals surface area contributed by atoms with Gasteiger partial charge in [-0.15, -0.1) is 0 Å². The fraction of sp³-hybridized carbons (Fsp3) is 0.294. The topological polar surface area (TPSA) is 143 Å². The van der Waals surface area contributed by atoms with Gasteiger partial charge in [0.25, 0.3) is 5.91 Å². The number of benzene rings is 1. The smallest absolute Gasteiger partial charge is 0.256 e. The van der Waals surface area contributed by atoms with Gasteiger partial charge in [0.15, 0.2) is 23.2 Å². The van der Waals surface area contributed by atoms with Crippen molar-refractivity contribution in [1.29, 1.82) is 0 Å². The number of ether oxygens (including phenoxy) is 1. The van der Waals surface area contributed by atoms with Gasteiger partial charge in [-0.3, -0.25) is 9.36 Å². The third-order valence-corrected chi connectivity index (χ3v) is 4.42. The molecule has 1 amide bonds. The zero-order chi connectivity index (χ0) is 19.0. The third kappa shape index (κ3) is 3.04. The number of imidazole rings is 1. The van der Waals surface area contributed by atoms with E-state index >= 15 is 0 Å². The van der Waals surface area contributed by atoms with Gasteiger partial charge in [0.2, 0.25) is 0 Å². The third-order valence-electron chi connectivity index (χ3n) is 4.42. The molecule has 4 rings (SSSR count). The normalized spacial score (nSPS) is 25.0. The fourth-order valence-corrected chi connectivity index (χ4v) is 3.01. The van der Waals surface area contributed by atoms with E-state index in [0.717, 1.165) is 0 Å². The molecule has 4 N–H and O–H groups in total. The van der Waals surface area contributed by atoms with E-state index in [1.165, 1.54) is 17.2 Å². The molecule has 140 valence electrons. The largest absolute Gasteiger partial charge is 0.394 e. The van der Waals surface area contributed by atoms with Gasteiger partial charge in [0, 0.05) is 5.56 Å². The number of aliphatic hydroxyl groups is 3. The summed E-state index contributed by atoms with van der Waals surface area (Å²) in [7, 11) is 0. The van der Waals surface area contributed by atoms with Crippen LogP contribution in [-0.4, -0.2) is 65.7 Å². The lowest BCUT2D eigenvalue weighted by atomic mass is 10.1. The van der Waals surface area contributed by atoms with Crippen LogP contribution in [0, 0.1) is 0 Å². The van der Waals surface area contributed by atoms with E-state index in [9.17, 15) is 20.1 Å². The van der Waals surface area contributed by atoms with Crippen LogP contribution in [0.4, 0.5) is 5.82 Å². The molecule has 3 heterocycles. The number of fused-ring (bicyclic) bond motifs is 1. The molecule has 0 saturated carbocycles. The Morgan fingerprint density at radius 3 is 2.63 bits per heavy atom. The quantitative estimate of drug-likeness (QED) is 0.489. The lowest BCUT2D eigenvalue weighted by Crippen LogP contribution is -2.33. The minimum atomic E-state index is -1.27. The molecular formula is C17H17N5O5. The SMILES string of the molecule is O=C(Nc1ncnc2c1ncn2C1O[C@H](CO)[C@@H](O)[C@@H]1O)c1ccccc1. The molecule has 3 aromatic rings. The van der Waals surface area contributed by atoms with Crippen LogP contribution >= 0.6 is 0 Å². The Morgan fingerprint density at radius 1 is 1.15 bits per heavy atom. The number of anilines is 1. The Balaban J connectivity index is 1.65. The summed E-state index contributed by atoms with van der Waals surface area (Å²) in [6.07, 6.45) is -1.77. The van der Waals surface area contributed by atoms with Gasteiger partial charge >= 0.3 is 0 Å². The van der Waals surface area contributed by atoms with Gasteiger partial charge in [-0.1, -0.05) is 18.2 Å². The Hall–Kier alpha value is -2.92. The first-order valence-electron chi connectivity index (χ1n) is 8.26. The molecule has 10 heteroatoms. The van der Waals surface area contributed by atoms with Crippen molar-refractivity contribution in [3.8, 4) is 0 Å². The number of aliphatic hydroxyl groups excluding tert-OH is 3. The molecule has 1 aliphatic heterocycles. The average Bonchev–Trinajstić information content (AvgIpc) is 3.25. The maximum absolute atomic E-state index is 12.4. The summed E-state index contributed by atoms with van der Waals surface area (Å²) in [6.45, 7) is -0.436.